The van der Waals surface area contributed by atoms with Crippen molar-refractivity contribution in [3.05, 3.63) is 18.1 Å². The Morgan fingerprint density at radius 3 is 3.18 bits per heavy atom. The molecule has 2 N–H and O–H groups in total. The van der Waals surface area contributed by atoms with Crippen LogP contribution in [0.2, 0.25) is 0 Å². The molecule has 0 spiro atoms. The van der Waals surface area contributed by atoms with Gasteiger partial charge >= 0.3 is 0 Å². The highest BCUT2D eigenvalue weighted by Crippen LogP contribution is 2.28. The molecule has 2 aliphatic rings. The summed E-state index contributed by atoms with van der Waals surface area (Å²) in [6, 6.07) is 2.06. The first-order valence-electron chi connectivity index (χ1n) is 6.30. The molecule has 1 aliphatic heterocycles. The van der Waals surface area contributed by atoms with Crippen LogP contribution in [0.4, 0.5) is 5.82 Å². The van der Waals surface area contributed by atoms with Gasteiger partial charge in [0.15, 0.2) is 0 Å². The van der Waals surface area contributed by atoms with E-state index >= 15 is 0 Å². The summed E-state index contributed by atoms with van der Waals surface area (Å²) < 4.78 is 5.42. The highest BCUT2D eigenvalue weighted by Gasteiger charge is 2.21. The smallest absolute Gasteiger partial charge is 0.149 e. The average molecular weight is 234 g/mol. The van der Waals surface area contributed by atoms with Crippen molar-refractivity contribution in [1.29, 1.82) is 0 Å². The predicted octanol–water partition coefficient (Wildman–Crippen LogP) is 0.959. The van der Waals surface area contributed by atoms with Gasteiger partial charge in [-0.05, 0) is 24.8 Å². The van der Waals surface area contributed by atoms with E-state index in [9.17, 15) is 0 Å². The second kappa shape index (κ2) is 4.98. The third kappa shape index (κ3) is 2.92. The summed E-state index contributed by atoms with van der Waals surface area (Å²) in [5.41, 5.74) is 0. The fourth-order valence-electron chi connectivity index (χ4n) is 1.94. The van der Waals surface area contributed by atoms with Gasteiger partial charge in [0.1, 0.15) is 11.6 Å². The van der Waals surface area contributed by atoms with Gasteiger partial charge in [-0.1, -0.05) is 0 Å². The Bertz CT molecular complexity index is 375. The van der Waals surface area contributed by atoms with Crippen molar-refractivity contribution in [2.75, 3.05) is 31.6 Å². The SMILES string of the molecule is c1cc(NCC2CC2)nc([C@@H]2COCCN2)n1. The normalized spacial score (nSPS) is 24.6. The van der Waals surface area contributed by atoms with Crippen molar-refractivity contribution in [2.45, 2.75) is 18.9 Å². The first kappa shape index (κ1) is 10.9. The molecule has 1 atom stereocenters. The van der Waals surface area contributed by atoms with E-state index in [2.05, 4.69) is 20.6 Å². The van der Waals surface area contributed by atoms with Gasteiger partial charge in [0.2, 0.25) is 0 Å². The van der Waals surface area contributed by atoms with E-state index in [0.29, 0.717) is 6.61 Å². The highest BCUT2D eigenvalue weighted by molar-refractivity contribution is 5.33. The fraction of sp³-hybridized carbons (Fsp3) is 0.667. The molecule has 1 aromatic rings. The van der Waals surface area contributed by atoms with Crippen molar-refractivity contribution < 1.29 is 4.74 Å². The molecule has 92 valence electrons. The van der Waals surface area contributed by atoms with Gasteiger partial charge in [-0.15, -0.1) is 0 Å². The molecule has 0 unspecified atom stereocenters. The standard InChI is InChI=1S/C12H18N4O/c1-2-9(1)7-15-11-3-4-14-12(16-11)10-8-17-6-5-13-10/h3-4,9-10,13H,1-2,5-8H2,(H,14,15,16)/t10-/m0/s1. The number of rotatable bonds is 4. The van der Waals surface area contributed by atoms with E-state index in [4.69, 9.17) is 4.74 Å². The van der Waals surface area contributed by atoms with Crippen LogP contribution in [0.3, 0.4) is 0 Å². The van der Waals surface area contributed by atoms with Crippen molar-refractivity contribution in [3.63, 3.8) is 0 Å². The van der Waals surface area contributed by atoms with Crippen molar-refractivity contribution in [2.24, 2.45) is 5.92 Å². The zero-order chi connectivity index (χ0) is 11.5. The number of morpholine rings is 1. The Morgan fingerprint density at radius 2 is 2.41 bits per heavy atom. The molecule has 0 bridgehead atoms. The number of nitrogens with one attached hydrogen (secondary N) is 2. The van der Waals surface area contributed by atoms with Crippen LogP contribution in [-0.4, -0.2) is 36.3 Å². The van der Waals surface area contributed by atoms with Crippen LogP contribution in [-0.2, 0) is 4.74 Å². The van der Waals surface area contributed by atoms with Crippen molar-refractivity contribution in [1.82, 2.24) is 15.3 Å². The van der Waals surface area contributed by atoms with Crippen LogP contribution < -0.4 is 10.6 Å². The lowest BCUT2D eigenvalue weighted by Gasteiger charge is -2.22. The van der Waals surface area contributed by atoms with Gasteiger partial charge in [-0.25, -0.2) is 9.97 Å². The van der Waals surface area contributed by atoms with Crippen molar-refractivity contribution in [3.8, 4) is 0 Å². The molecule has 3 rings (SSSR count). The molecule has 0 aromatic carbocycles. The molecule has 1 aromatic heterocycles. The maximum atomic E-state index is 5.42. The van der Waals surface area contributed by atoms with Crippen LogP contribution >= 0.6 is 0 Å². The number of hydrogen-bond donors (Lipinski definition) is 2. The molecule has 17 heavy (non-hydrogen) atoms. The molecule has 0 radical (unpaired) electrons. The third-order valence-electron chi connectivity index (χ3n) is 3.18. The van der Waals surface area contributed by atoms with E-state index in [-0.39, 0.29) is 6.04 Å². The predicted molar refractivity (Wildman–Crippen MR) is 64.8 cm³/mol. The van der Waals surface area contributed by atoms with E-state index in [1.165, 1.54) is 12.8 Å². The summed E-state index contributed by atoms with van der Waals surface area (Å²) in [5, 5.41) is 6.73. The first-order chi connectivity index (χ1) is 8.42. The van der Waals surface area contributed by atoms with Gasteiger partial charge in [0, 0.05) is 19.3 Å². The summed E-state index contributed by atoms with van der Waals surface area (Å²) >= 11 is 0. The van der Waals surface area contributed by atoms with Crippen LogP contribution in [0.1, 0.15) is 24.7 Å². The maximum absolute atomic E-state index is 5.42. The topological polar surface area (TPSA) is 59.1 Å². The van der Waals surface area contributed by atoms with Crippen LogP contribution in [0.5, 0.6) is 0 Å². The molecule has 5 heteroatoms. The van der Waals surface area contributed by atoms with E-state index in [0.717, 1.165) is 37.3 Å². The van der Waals surface area contributed by atoms with Gasteiger partial charge in [0.05, 0.1) is 19.3 Å². The Kier molecular flexibility index (Phi) is 3.20. The number of aromatic nitrogens is 2. The highest BCUT2D eigenvalue weighted by atomic mass is 16.5. The molecule has 0 amide bonds. The number of nitrogens with zero attached hydrogens (tertiary/aromatic N) is 2. The molecule has 1 saturated heterocycles. The molecule has 2 heterocycles. The monoisotopic (exact) mass is 234 g/mol. The van der Waals surface area contributed by atoms with E-state index in [1.807, 2.05) is 12.3 Å². The lowest BCUT2D eigenvalue weighted by molar-refractivity contribution is 0.0742. The molecule has 5 nitrogen and oxygen atoms in total. The zero-order valence-electron chi connectivity index (χ0n) is 9.85. The quantitative estimate of drug-likeness (QED) is 0.812. The minimum atomic E-state index is 0.131. The van der Waals surface area contributed by atoms with Crippen LogP contribution in [0.15, 0.2) is 12.3 Å². The van der Waals surface area contributed by atoms with E-state index in [1.54, 1.807) is 0 Å². The number of hydrogen-bond acceptors (Lipinski definition) is 5. The van der Waals surface area contributed by atoms with Gasteiger partial charge in [0.25, 0.3) is 0 Å². The number of ether oxygens (including phenoxy) is 1. The zero-order valence-corrected chi connectivity index (χ0v) is 9.85. The summed E-state index contributed by atoms with van der Waals surface area (Å²) in [5.74, 6) is 2.60. The number of anilines is 1. The van der Waals surface area contributed by atoms with Gasteiger partial charge < -0.3 is 15.4 Å². The molecular weight excluding hydrogens is 216 g/mol. The summed E-state index contributed by atoms with van der Waals surface area (Å²) in [4.78, 5) is 8.84. The van der Waals surface area contributed by atoms with Crippen LogP contribution in [0, 0.1) is 5.92 Å². The lowest BCUT2D eigenvalue weighted by Crippen LogP contribution is -2.35. The van der Waals surface area contributed by atoms with Crippen LogP contribution in [0.25, 0.3) is 0 Å². The third-order valence-corrected chi connectivity index (χ3v) is 3.18. The minimum absolute atomic E-state index is 0.131. The Morgan fingerprint density at radius 1 is 1.47 bits per heavy atom. The largest absolute Gasteiger partial charge is 0.378 e. The summed E-state index contributed by atoms with van der Waals surface area (Å²) in [7, 11) is 0. The second-order valence-electron chi connectivity index (χ2n) is 4.71. The van der Waals surface area contributed by atoms with Gasteiger partial charge in [-0.3, -0.25) is 0 Å². The fourth-order valence-corrected chi connectivity index (χ4v) is 1.94. The lowest BCUT2D eigenvalue weighted by atomic mass is 10.2. The van der Waals surface area contributed by atoms with Gasteiger partial charge in [-0.2, -0.15) is 0 Å². The van der Waals surface area contributed by atoms with Crippen molar-refractivity contribution >= 4 is 5.82 Å². The molecule has 2 fully saturated rings. The Balaban J connectivity index is 1.64. The molecule has 1 aliphatic carbocycles. The average Bonchev–Trinajstić information content (AvgIpc) is 3.22. The molecule has 1 saturated carbocycles. The Hall–Kier alpha value is -1.20. The first-order valence-corrected chi connectivity index (χ1v) is 6.30. The minimum Gasteiger partial charge on any atom is -0.378 e. The second-order valence-corrected chi connectivity index (χ2v) is 4.71. The summed E-state index contributed by atoms with van der Waals surface area (Å²) in [6.07, 6.45) is 4.51. The molecular formula is C12H18N4O. The summed E-state index contributed by atoms with van der Waals surface area (Å²) in [6.45, 7) is 3.33. The maximum Gasteiger partial charge on any atom is 0.149 e. The van der Waals surface area contributed by atoms with E-state index < -0.39 is 0 Å². The Labute approximate surface area is 101 Å².